The molecule has 1 unspecified atom stereocenters. The van der Waals surface area contributed by atoms with Crippen LogP contribution in [0.25, 0.3) is 0 Å². The van der Waals surface area contributed by atoms with Crippen LogP contribution in [-0.4, -0.2) is 40.0 Å². The lowest BCUT2D eigenvalue weighted by atomic mass is 10.3. The van der Waals surface area contributed by atoms with Gasteiger partial charge in [0, 0.05) is 31.4 Å². The van der Waals surface area contributed by atoms with Crippen molar-refractivity contribution in [2.45, 2.75) is 31.3 Å². The van der Waals surface area contributed by atoms with Crippen LogP contribution >= 0.6 is 0 Å². The number of nitrogens with two attached hydrogens (primary N) is 1. The summed E-state index contributed by atoms with van der Waals surface area (Å²) < 4.78 is 0. The molecule has 86 valence electrons. The van der Waals surface area contributed by atoms with Crippen molar-refractivity contribution in [1.29, 1.82) is 0 Å². The van der Waals surface area contributed by atoms with E-state index in [1.165, 1.54) is 25.8 Å². The lowest BCUT2D eigenvalue weighted by Crippen LogP contribution is -2.28. The Bertz CT molecular complexity index is 376. The van der Waals surface area contributed by atoms with Crippen molar-refractivity contribution < 1.29 is 0 Å². The van der Waals surface area contributed by atoms with Gasteiger partial charge in [0.1, 0.15) is 5.82 Å². The quantitative estimate of drug-likeness (QED) is 0.783. The van der Waals surface area contributed by atoms with Crippen molar-refractivity contribution in [1.82, 2.24) is 14.9 Å². The Balaban J connectivity index is 1.59. The van der Waals surface area contributed by atoms with Crippen LogP contribution in [0.15, 0.2) is 12.3 Å². The number of likely N-dealkylation sites (tertiary alicyclic amines) is 1. The molecular formula is C11H17N5. The summed E-state index contributed by atoms with van der Waals surface area (Å²) in [7, 11) is 0. The maximum absolute atomic E-state index is 5.62. The number of hydrogen-bond acceptors (Lipinski definition) is 5. The van der Waals surface area contributed by atoms with E-state index in [2.05, 4.69) is 20.2 Å². The predicted octanol–water partition coefficient (Wildman–Crippen LogP) is 0.707. The van der Waals surface area contributed by atoms with Crippen LogP contribution in [-0.2, 0) is 0 Å². The van der Waals surface area contributed by atoms with Gasteiger partial charge in [0.25, 0.3) is 0 Å². The molecule has 1 aliphatic carbocycles. The summed E-state index contributed by atoms with van der Waals surface area (Å²) in [4.78, 5) is 10.9. The molecule has 2 heterocycles. The van der Waals surface area contributed by atoms with E-state index in [1.54, 1.807) is 12.3 Å². The maximum atomic E-state index is 5.62. The Morgan fingerprint density at radius 3 is 3.00 bits per heavy atom. The lowest BCUT2D eigenvalue weighted by molar-refractivity contribution is 0.326. The summed E-state index contributed by atoms with van der Waals surface area (Å²) in [5.41, 5.74) is 5.62. The summed E-state index contributed by atoms with van der Waals surface area (Å²) in [6.07, 6.45) is 5.62. The van der Waals surface area contributed by atoms with Crippen molar-refractivity contribution in [3.8, 4) is 0 Å². The fourth-order valence-corrected chi connectivity index (χ4v) is 2.30. The minimum absolute atomic E-state index is 0.474. The summed E-state index contributed by atoms with van der Waals surface area (Å²) in [5.74, 6) is 1.18. The number of anilines is 2. The van der Waals surface area contributed by atoms with Gasteiger partial charge in [-0.05, 0) is 25.3 Å². The van der Waals surface area contributed by atoms with Crippen molar-refractivity contribution >= 4 is 11.8 Å². The lowest BCUT2D eigenvalue weighted by Gasteiger charge is -2.15. The van der Waals surface area contributed by atoms with Gasteiger partial charge in [-0.25, -0.2) is 4.98 Å². The SMILES string of the molecule is Nc1ccnc(NC2CCN(C3CC3)C2)n1. The number of aromatic nitrogens is 2. The first-order valence-corrected chi connectivity index (χ1v) is 5.90. The van der Waals surface area contributed by atoms with Gasteiger partial charge in [-0.1, -0.05) is 0 Å². The van der Waals surface area contributed by atoms with E-state index in [0.717, 1.165) is 12.6 Å². The monoisotopic (exact) mass is 219 g/mol. The van der Waals surface area contributed by atoms with Gasteiger partial charge in [-0.15, -0.1) is 0 Å². The second-order valence-electron chi connectivity index (χ2n) is 4.66. The molecule has 0 aromatic carbocycles. The minimum atomic E-state index is 0.474. The third-order valence-electron chi connectivity index (χ3n) is 3.29. The molecule has 1 aromatic rings. The molecule has 0 spiro atoms. The molecule has 0 radical (unpaired) electrons. The van der Waals surface area contributed by atoms with Crippen molar-refractivity contribution in [2.24, 2.45) is 0 Å². The maximum Gasteiger partial charge on any atom is 0.224 e. The molecule has 1 aromatic heterocycles. The number of rotatable bonds is 3. The molecule has 2 fully saturated rings. The Hall–Kier alpha value is -1.36. The normalized spacial score (nSPS) is 25.9. The molecule has 5 nitrogen and oxygen atoms in total. The molecule has 3 rings (SSSR count). The Labute approximate surface area is 95.1 Å². The van der Waals surface area contributed by atoms with E-state index in [1.807, 2.05) is 0 Å². The van der Waals surface area contributed by atoms with Gasteiger partial charge in [0.05, 0.1) is 0 Å². The molecule has 5 heteroatoms. The zero-order valence-electron chi connectivity index (χ0n) is 9.26. The molecular weight excluding hydrogens is 202 g/mol. The molecule has 1 atom stereocenters. The summed E-state index contributed by atoms with van der Waals surface area (Å²) in [6, 6.07) is 3.03. The van der Waals surface area contributed by atoms with E-state index in [-0.39, 0.29) is 0 Å². The second kappa shape index (κ2) is 3.90. The Kier molecular flexibility index (Phi) is 2.40. The minimum Gasteiger partial charge on any atom is -0.384 e. The van der Waals surface area contributed by atoms with Gasteiger partial charge in [-0.3, -0.25) is 4.90 Å². The molecule has 2 aliphatic rings. The van der Waals surface area contributed by atoms with Crippen LogP contribution < -0.4 is 11.1 Å². The van der Waals surface area contributed by atoms with Crippen LogP contribution in [0, 0.1) is 0 Å². The zero-order valence-corrected chi connectivity index (χ0v) is 9.26. The highest BCUT2D eigenvalue weighted by Crippen LogP contribution is 2.30. The molecule has 16 heavy (non-hydrogen) atoms. The summed E-state index contributed by atoms with van der Waals surface area (Å²) >= 11 is 0. The largest absolute Gasteiger partial charge is 0.384 e. The Morgan fingerprint density at radius 2 is 2.25 bits per heavy atom. The van der Waals surface area contributed by atoms with Crippen LogP contribution in [0.2, 0.25) is 0 Å². The average molecular weight is 219 g/mol. The first-order chi connectivity index (χ1) is 7.81. The fraction of sp³-hybridized carbons (Fsp3) is 0.636. The van der Waals surface area contributed by atoms with E-state index in [9.17, 15) is 0 Å². The third kappa shape index (κ3) is 2.09. The van der Waals surface area contributed by atoms with Crippen LogP contribution in [0.4, 0.5) is 11.8 Å². The second-order valence-corrected chi connectivity index (χ2v) is 4.66. The van der Waals surface area contributed by atoms with Crippen LogP contribution in [0.5, 0.6) is 0 Å². The van der Waals surface area contributed by atoms with Crippen molar-refractivity contribution in [3.63, 3.8) is 0 Å². The molecule has 3 N–H and O–H groups in total. The number of hydrogen-bond donors (Lipinski definition) is 2. The fourth-order valence-electron chi connectivity index (χ4n) is 2.30. The smallest absolute Gasteiger partial charge is 0.224 e. The summed E-state index contributed by atoms with van der Waals surface area (Å²) in [6.45, 7) is 2.31. The van der Waals surface area contributed by atoms with Gasteiger partial charge in [0.15, 0.2) is 0 Å². The number of nitrogen functional groups attached to an aromatic ring is 1. The average Bonchev–Trinajstić information content (AvgIpc) is 3.01. The standard InChI is InChI=1S/C11H17N5/c12-10-3-5-13-11(15-10)14-8-4-6-16(7-8)9-1-2-9/h3,5,8-9H,1-2,4,6-7H2,(H3,12,13,14,15). The molecule has 1 aliphatic heterocycles. The van der Waals surface area contributed by atoms with Gasteiger partial charge < -0.3 is 11.1 Å². The van der Waals surface area contributed by atoms with Crippen molar-refractivity contribution in [2.75, 3.05) is 24.1 Å². The highest BCUT2D eigenvalue weighted by atomic mass is 15.2. The highest BCUT2D eigenvalue weighted by molar-refractivity contribution is 5.36. The molecule has 0 bridgehead atoms. The first-order valence-electron chi connectivity index (χ1n) is 5.90. The van der Waals surface area contributed by atoms with Gasteiger partial charge in [0.2, 0.25) is 5.95 Å². The van der Waals surface area contributed by atoms with Crippen LogP contribution in [0.3, 0.4) is 0 Å². The topological polar surface area (TPSA) is 67.1 Å². The van der Waals surface area contributed by atoms with E-state index < -0.39 is 0 Å². The van der Waals surface area contributed by atoms with E-state index in [4.69, 9.17) is 5.73 Å². The molecule has 1 saturated heterocycles. The number of nitrogens with zero attached hydrogens (tertiary/aromatic N) is 3. The van der Waals surface area contributed by atoms with Gasteiger partial charge >= 0.3 is 0 Å². The van der Waals surface area contributed by atoms with Crippen molar-refractivity contribution in [3.05, 3.63) is 12.3 Å². The molecule has 0 amide bonds. The van der Waals surface area contributed by atoms with Gasteiger partial charge in [-0.2, -0.15) is 4.98 Å². The van der Waals surface area contributed by atoms with Crippen LogP contribution in [0.1, 0.15) is 19.3 Å². The first kappa shape index (κ1) is 9.84. The Morgan fingerprint density at radius 1 is 1.38 bits per heavy atom. The molecule has 1 saturated carbocycles. The summed E-state index contributed by atoms with van der Waals surface area (Å²) in [5, 5.41) is 3.35. The predicted molar refractivity (Wildman–Crippen MR) is 63.1 cm³/mol. The number of nitrogens with one attached hydrogen (secondary N) is 1. The zero-order chi connectivity index (χ0) is 11.0. The van der Waals surface area contributed by atoms with E-state index >= 15 is 0 Å². The van der Waals surface area contributed by atoms with E-state index in [0.29, 0.717) is 17.8 Å². The third-order valence-corrected chi connectivity index (χ3v) is 3.29. The highest BCUT2D eigenvalue weighted by Gasteiger charge is 2.34.